The molecule has 6 nitrogen and oxygen atoms in total. The van der Waals surface area contributed by atoms with Crippen LogP contribution < -0.4 is 5.32 Å². The van der Waals surface area contributed by atoms with Gasteiger partial charge in [-0.15, -0.1) is 0 Å². The van der Waals surface area contributed by atoms with Crippen LogP contribution in [-0.2, 0) is 0 Å². The summed E-state index contributed by atoms with van der Waals surface area (Å²) in [7, 11) is 0. The summed E-state index contributed by atoms with van der Waals surface area (Å²) in [6, 6.07) is 7.47. The molecule has 1 aromatic heterocycles. The van der Waals surface area contributed by atoms with Gasteiger partial charge in [0.2, 0.25) is 0 Å². The van der Waals surface area contributed by atoms with Gasteiger partial charge in [0.25, 0.3) is 0 Å². The summed E-state index contributed by atoms with van der Waals surface area (Å²) in [4.78, 5) is 22.2. The number of hydrogen-bond acceptors (Lipinski definition) is 3. The molecule has 3 rings (SSSR count). The predicted octanol–water partition coefficient (Wildman–Crippen LogP) is 2.43. The van der Waals surface area contributed by atoms with Crippen LogP contribution in [0.3, 0.4) is 0 Å². The number of para-hydroxylation sites is 2. The van der Waals surface area contributed by atoms with Gasteiger partial charge in [-0.3, -0.25) is 0 Å². The van der Waals surface area contributed by atoms with E-state index in [2.05, 4.69) is 29.1 Å². The highest BCUT2D eigenvalue weighted by Crippen LogP contribution is 2.24. The maximum Gasteiger partial charge on any atom is 0.318 e. The normalized spacial score (nSPS) is 19.5. The van der Waals surface area contributed by atoms with E-state index >= 15 is 0 Å². The number of aliphatic hydroxyl groups is 1. The minimum absolute atomic E-state index is 0.0183. The maximum absolute atomic E-state index is 12.6. The largest absolute Gasteiger partial charge is 0.394 e. The lowest BCUT2D eigenvalue weighted by molar-refractivity contribution is 0.152. The fourth-order valence-corrected chi connectivity index (χ4v) is 3.18. The lowest BCUT2D eigenvalue weighted by Crippen LogP contribution is -2.46. The van der Waals surface area contributed by atoms with Crippen LogP contribution >= 0.6 is 0 Å². The molecule has 2 amide bonds. The zero-order chi connectivity index (χ0) is 16.4. The van der Waals surface area contributed by atoms with Gasteiger partial charge in [0.1, 0.15) is 5.82 Å². The number of nitrogens with zero attached hydrogens (tertiary/aromatic N) is 2. The van der Waals surface area contributed by atoms with Crippen LogP contribution in [0.15, 0.2) is 24.3 Å². The summed E-state index contributed by atoms with van der Waals surface area (Å²) in [6.07, 6.45) is 1.80. The molecule has 0 spiro atoms. The Labute approximate surface area is 135 Å². The molecule has 0 saturated carbocycles. The molecule has 124 valence electrons. The van der Waals surface area contributed by atoms with E-state index in [1.165, 1.54) is 0 Å². The molecule has 2 heterocycles. The molecular weight excluding hydrogens is 292 g/mol. The van der Waals surface area contributed by atoms with Crippen molar-refractivity contribution in [3.8, 4) is 0 Å². The van der Waals surface area contributed by atoms with Gasteiger partial charge in [0.05, 0.1) is 29.7 Å². The highest BCUT2D eigenvalue weighted by Gasteiger charge is 2.31. The molecule has 6 heteroatoms. The number of hydrogen-bond donors (Lipinski definition) is 3. The van der Waals surface area contributed by atoms with Crippen molar-refractivity contribution in [1.82, 2.24) is 20.2 Å². The topological polar surface area (TPSA) is 81.2 Å². The van der Waals surface area contributed by atoms with E-state index in [4.69, 9.17) is 0 Å². The van der Waals surface area contributed by atoms with Gasteiger partial charge in [-0.25, -0.2) is 9.78 Å². The number of rotatable bonds is 4. The van der Waals surface area contributed by atoms with Crippen molar-refractivity contribution in [2.45, 2.75) is 38.8 Å². The minimum Gasteiger partial charge on any atom is -0.394 e. The Bertz CT molecular complexity index is 649. The molecule has 1 saturated heterocycles. The van der Waals surface area contributed by atoms with E-state index in [0.29, 0.717) is 6.54 Å². The number of urea groups is 1. The second kappa shape index (κ2) is 6.58. The van der Waals surface area contributed by atoms with Gasteiger partial charge in [-0.2, -0.15) is 0 Å². The Morgan fingerprint density at radius 3 is 2.96 bits per heavy atom. The average molecular weight is 316 g/mol. The Hall–Kier alpha value is -2.08. The number of aromatic amines is 1. The number of aliphatic hydroxyl groups excluding tert-OH is 1. The third kappa shape index (κ3) is 3.17. The molecule has 1 aliphatic rings. The number of imidazole rings is 1. The molecule has 3 N–H and O–H groups in total. The first-order chi connectivity index (χ1) is 11.1. The van der Waals surface area contributed by atoms with Crippen molar-refractivity contribution in [2.24, 2.45) is 5.92 Å². The van der Waals surface area contributed by atoms with Crippen LogP contribution in [0.5, 0.6) is 0 Å². The number of nitrogens with one attached hydrogen (secondary N) is 2. The average Bonchev–Trinajstić information content (AvgIpc) is 3.17. The van der Waals surface area contributed by atoms with Gasteiger partial charge in [-0.05, 0) is 30.9 Å². The number of carbonyl (C=O) groups is 1. The monoisotopic (exact) mass is 316 g/mol. The number of H-pyrrole nitrogens is 1. The van der Waals surface area contributed by atoms with Crippen molar-refractivity contribution in [1.29, 1.82) is 0 Å². The number of aromatic nitrogens is 2. The minimum atomic E-state index is -0.185. The predicted molar refractivity (Wildman–Crippen MR) is 89.0 cm³/mol. The quantitative estimate of drug-likeness (QED) is 0.810. The Kier molecular flexibility index (Phi) is 4.52. The smallest absolute Gasteiger partial charge is 0.318 e. The van der Waals surface area contributed by atoms with E-state index in [-0.39, 0.29) is 30.6 Å². The summed E-state index contributed by atoms with van der Waals surface area (Å²) in [5, 5.41) is 12.5. The zero-order valence-corrected chi connectivity index (χ0v) is 13.6. The molecule has 0 bridgehead atoms. The van der Waals surface area contributed by atoms with Gasteiger partial charge >= 0.3 is 6.03 Å². The maximum atomic E-state index is 12.6. The molecule has 1 aromatic carbocycles. The van der Waals surface area contributed by atoms with Crippen molar-refractivity contribution in [2.75, 3.05) is 13.2 Å². The summed E-state index contributed by atoms with van der Waals surface area (Å²) >= 11 is 0. The highest BCUT2D eigenvalue weighted by molar-refractivity contribution is 5.77. The first kappa shape index (κ1) is 15.8. The number of benzene rings is 1. The number of likely N-dealkylation sites (tertiary alicyclic amines) is 1. The number of fused-ring (bicyclic) bond motifs is 1. The van der Waals surface area contributed by atoms with Crippen LogP contribution in [0.4, 0.5) is 4.79 Å². The first-order valence-electron chi connectivity index (χ1n) is 8.22. The summed E-state index contributed by atoms with van der Waals surface area (Å²) in [5.74, 6) is 0.976. The molecule has 2 atom stereocenters. The first-order valence-corrected chi connectivity index (χ1v) is 8.22. The van der Waals surface area contributed by atoms with Crippen LogP contribution in [0.2, 0.25) is 0 Å². The summed E-state index contributed by atoms with van der Waals surface area (Å²) < 4.78 is 0. The fourth-order valence-electron chi connectivity index (χ4n) is 3.18. The van der Waals surface area contributed by atoms with Gasteiger partial charge in [0.15, 0.2) is 0 Å². The number of amides is 2. The Morgan fingerprint density at radius 1 is 1.48 bits per heavy atom. The molecule has 2 unspecified atom stereocenters. The van der Waals surface area contributed by atoms with E-state index in [1.54, 1.807) is 4.90 Å². The van der Waals surface area contributed by atoms with Crippen LogP contribution in [0.1, 0.15) is 38.6 Å². The molecule has 2 aromatic rings. The lowest BCUT2D eigenvalue weighted by atomic mass is 10.0. The molecule has 23 heavy (non-hydrogen) atoms. The fraction of sp³-hybridized carbons (Fsp3) is 0.529. The van der Waals surface area contributed by atoms with Crippen molar-refractivity contribution >= 4 is 17.1 Å². The summed E-state index contributed by atoms with van der Waals surface area (Å²) in [5.41, 5.74) is 1.87. The Morgan fingerprint density at radius 2 is 2.26 bits per heavy atom. The van der Waals surface area contributed by atoms with Crippen molar-refractivity contribution in [3.05, 3.63) is 30.1 Å². The standard InChI is InChI=1S/C17H24N4O2/c1-11(2)15(16-18-13-7-3-4-8-14(13)19-16)20-17(23)21-9-5-6-12(21)10-22/h3-4,7-8,11-12,15,22H,5-6,9-10H2,1-2H3,(H,18,19)(H,20,23). The lowest BCUT2D eigenvalue weighted by Gasteiger charge is -2.27. The molecule has 1 fully saturated rings. The van der Waals surface area contributed by atoms with E-state index < -0.39 is 0 Å². The molecular formula is C17H24N4O2. The van der Waals surface area contributed by atoms with E-state index in [9.17, 15) is 9.90 Å². The third-order valence-corrected chi connectivity index (χ3v) is 4.50. The third-order valence-electron chi connectivity index (χ3n) is 4.50. The van der Waals surface area contributed by atoms with Gasteiger partial charge in [-0.1, -0.05) is 26.0 Å². The second-order valence-electron chi connectivity index (χ2n) is 6.48. The molecule has 0 aliphatic carbocycles. The molecule has 1 aliphatic heterocycles. The second-order valence-corrected chi connectivity index (χ2v) is 6.48. The van der Waals surface area contributed by atoms with Crippen molar-refractivity contribution < 1.29 is 9.90 Å². The molecule has 0 radical (unpaired) electrons. The van der Waals surface area contributed by atoms with Crippen LogP contribution in [0.25, 0.3) is 11.0 Å². The van der Waals surface area contributed by atoms with Gasteiger partial charge < -0.3 is 20.3 Å². The summed E-state index contributed by atoms with van der Waals surface area (Å²) in [6.45, 7) is 4.84. The van der Waals surface area contributed by atoms with E-state index in [0.717, 1.165) is 29.7 Å². The van der Waals surface area contributed by atoms with Crippen LogP contribution in [-0.4, -0.2) is 45.2 Å². The van der Waals surface area contributed by atoms with Crippen LogP contribution in [0, 0.1) is 5.92 Å². The zero-order valence-electron chi connectivity index (χ0n) is 13.6. The number of carbonyl (C=O) groups excluding carboxylic acids is 1. The highest BCUT2D eigenvalue weighted by atomic mass is 16.3. The van der Waals surface area contributed by atoms with E-state index in [1.807, 2.05) is 24.3 Å². The Balaban J connectivity index is 1.80. The SMILES string of the molecule is CC(C)C(NC(=O)N1CCCC1CO)c1nc2ccccc2[nH]1. The van der Waals surface area contributed by atoms with Crippen molar-refractivity contribution in [3.63, 3.8) is 0 Å². The van der Waals surface area contributed by atoms with Gasteiger partial charge in [0, 0.05) is 6.54 Å².